The fourth-order valence-corrected chi connectivity index (χ4v) is 4.44. The molecule has 1 aliphatic heterocycles. The lowest BCUT2D eigenvalue weighted by molar-refractivity contribution is -0.127. The number of benzene rings is 1. The van der Waals surface area contributed by atoms with Crippen molar-refractivity contribution < 1.29 is 9.59 Å². The maximum atomic E-state index is 12.3. The van der Waals surface area contributed by atoms with Gasteiger partial charge in [0.15, 0.2) is 0 Å². The Morgan fingerprint density at radius 1 is 1.31 bits per heavy atom. The van der Waals surface area contributed by atoms with Crippen LogP contribution in [-0.4, -0.2) is 29.9 Å². The summed E-state index contributed by atoms with van der Waals surface area (Å²) in [5.74, 6) is -0.574. The first-order valence-electron chi connectivity index (χ1n) is 8.29. The van der Waals surface area contributed by atoms with Gasteiger partial charge in [-0.05, 0) is 19.1 Å². The van der Waals surface area contributed by atoms with Gasteiger partial charge in [-0.1, -0.05) is 31.5 Å². The van der Waals surface area contributed by atoms with Gasteiger partial charge in [0.1, 0.15) is 5.01 Å². The van der Waals surface area contributed by atoms with Crippen molar-refractivity contribution in [2.75, 3.05) is 18.0 Å². The maximum absolute atomic E-state index is 12.3. The zero-order chi connectivity index (χ0) is 18.9. The highest BCUT2D eigenvalue weighted by Gasteiger charge is 2.37. The van der Waals surface area contributed by atoms with Crippen LogP contribution in [0.4, 0.5) is 5.69 Å². The Kier molecular flexibility index (Phi) is 5.20. The van der Waals surface area contributed by atoms with Gasteiger partial charge in [-0.2, -0.15) is 0 Å². The number of rotatable bonds is 4. The average Bonchev–Trinajstić information content (AvgIpc) is 3.07. The number of hydrogen-bond donors (Lipinski definition) is 2. The molecule has 8 heteroatoms. The van der Waals surface area contributed by atoms with Crippen LogP contribution in [0.2, 0.25) is 5.02 Å². The van der Waals surface area contributed by atoms with Crippen molar-refractivity contribution in [1.82, 2.24) is 15.8 Å². The molecule has 2 N–H and O–H groups in total. The molecule has 2 amide bonds. The number of aryl methyl sites for hydroxylation is 1. The SMILES string of the molecule is Cc1csc(CC(=O)NNC(=O)CN2CC(C)(C)c3c(Cl)cccc32)n1. The molecule has 0 aliphatic carbocycles. The average molecular weight is 393 g/mol. The number of hydrazine groups is 1. The van der Waals surface area contributed by atoms with E-state index in [4.69, 9.17) is 11.6 Å². The van der Waals surface area contributed by atoms with E-state index in [0.29, 0.717) is 11.6 Å². The predicted octanol–water partition coefficient (Wildman–Crippen LogP) is 2.59. The summed E-state index contributed by atoms with van der Waals surface area (Å²) < 4.78 is 0. The Morgan fingerprint density at radius 2 is 2.04 bits per heavy atom. The second-order valence-electron chi connectivity index (χ2n) is 7.03. The van der Waals surface area contributed by atoms with Crippen LogP contribution in [0.25, 0.3) is 0 Å². The molecule has 3 rings (SSSR count). The molecule has 1 aromatic heterocycles. The van der Waals surface area contributed by atoms with Crippen LogP contribution in [-0.2, 0) is 21.4 Å². The molecule has 0 bridgehead atoms. The Balaban J connectivity index is 1.56. The molecule has 6 nitrogen and oxygen atoms in total. The van der Waals surface area contributed by atoms with Gasteiger partial charge < -0.3 is 4.90 Å². The zero-order valence-electron chi connectivity index (χ0n) is 14.9. The minimum Gasteiger partial charge on any atom is -0.361 e. The third-order valence-electron chi connectivity index (χ3n) is 4.25. The van der Waals surface area contributed by atoms with Crippen molar-refractivity contribution >= 4 is 40.4 Å². The lowest BCUT2D eigenvalue weighted by Gasteiger charge is -2.22. The largest absolute Gasteiger partial charge is 0.361 e. The van der Waals surface area contributed by atoms with E-state index in [0.717, 1.165) is 22.0 Å². The van der Waals surface area contributed by atoms with E-state index >= 15 is 0 Å². The third kappa shape index (κ3) is 3.99. The van der Waals surface area contributed by atoms with E-state index in [1.807, 2.05) is 35.4 Å². The highest BCUT2D eigenvalue weighted by molar-refractivity contribution is 7.09. The molecular weight excluding hydrogens is 372 g/mol. The number of carbonyl (C=O) groups excluding carboxylic acids is 2. The molecule has 0 atom stereocenters. The lowest BCUT2D eigenvalue weighted by atomic mass is 9.87. The molecule has 2 heterocycles. The summed E-state index contributed by atoms with van der Waals surface area (Å²) in [6.07, 6.45) is 0.147. The molecule has 0 spiro atoms. The molecule has 0 fully saturated rings. The molecule has 26 heavy (non-hydrogen) atoms. The summed E-state index contributed by atoms with van der Waals surface area (Å²) in [7, 11) is 0. The van der Waals surface area contributed by atoms with E-state index in [1.54, 1.807) is 0 Å². The number of halogens is 1. The van der Waals surface area contributed by atoms with Gasteiger partial charge in [-0.25, -0.2) is 4.98 Å². The van der Waals surface area contributed by atoms with Crippen molar-refractivity contribution in [1.29, 1.82) is 0 Å². The first kappa shape index (κ1) is 18.7. The number of hydrogen-bond acceptors (Lipinski definition) is 5. The summed E-state index contributed by atoms with van der Waals surface area (Å²) >= 11 is 7.77. The van der Waals surface area contributed by atoms with Gasteiger partial charge in [-0.3, -0.25) is 20.4 Å². The lowest BCUT2D eigenvalue weighted by Crippen LogP contribution is -2.47. The molecule has 2 aromatic rings. The van der Waals surface area contributed by atoms with Crippen LogP contribution in [0, 0.1) is 6.92 Å². The van der Waals surface area contributed by atoms with E-state index < -0.39 is 0 Å². The van der Waals surface area contributed by atoms with Crippen LogP contribution in [0.5, 0.6) is 0 Å². The minimum absolute atomic E-state index is 0.139. The number of thiazole rings is 1. The van der Waals surface area contributed by atoms with Crippen molar-refractivity contribution in [3.8, 4) is 0 Å². The van der Waals surface area contributed by atoms with Crippen LogP contribution < -0.4 is 15.8 Å². The summed E-state index contributed by atoms with van der Waals surface area (Å²) in [4.78, 5) is 30.4. The standard InChI is InChI=1S/C18H21ClN4O2S/c1-11-9-26-16(20-11)7-14(24)21-22-15(25)8-23-10-18(2,3)17-12(19)5-4-6-13(17)23/h4-6,9H,7-8,10H2,1-3H3,(H,21,24)(H,22,25). The molecule has 0 unspecified atom stereocenters. The zero-order valence-corrected chi connectivity index (χ0v) is 16.5. The number of anilines is 1. The smallest absolute Gasteiger partial charge is 0.257 e. The second-order valence-corrected chi connectivity index (χ2v) is 8.38. The Morgan fingerprint density at radius 3 is 2.73 bits per heavy atom. The normalized spacial score (nSPS) is 14.8. The molecule has 0 saturated carbocycles. The molecular formula is C18H21ClN4O2S. The molecule has 1 aliphatic rings. The van der Waals surface area contributed by atoms with Crippen molar-refractivity contribution in [3.63, 3.8) is 0 Å². The van der Waals surface area contributed by atoms with Crippen molar-refractivity contribution in [3.05, 3.63) is 44.9 Å². The van der Waals surface area contributed by atoms with Crippen LogP contribution in [0.1, 0.15) is 30.1 Å². The highest BCUT2D eigenvalue weighted by atomic mass is 35.5. The third-order valence-corrected chi connectivity index (χ3v) is 5.53. The van der Waals surface area contributed by atoms with Gasteiger partial charge in [0.05, 0.1) is 13.0 Å². The summed E-state index contributed by atoms with van der Waals surface area (Å²) in [6, 6.07) is 5.71. The van der Waals surface area contributed by atoms with Gasteiger partial charge in [0.2, 0.25) is 5.91 Å². The molecule has 0 radical (unpaired) electrons. The first-order valence-corrected chi connectivity index (χ1v) is 9.54. The molecule has 138 valence electrons. The Hall–Kier alpha value is -2.12. The molecule has 0 saturated heterocycles. The number of fused-ring (bicyclic) bond motifs is 1. The maximum Gasteiger partial charge on any atom is 0.257 e. The Bertz CT molecular complexity index is 849. The van der Waals surface area contributed by atoms with E-state index in [-0.39, 0.29) is 30.2 Å². The second kappa shape index (κ2) is 7.25. The minimum atomic E-state index is -0.294. The summed E-state index contributed by atoms with van der Waals surface area (Å²) in [5, 5.41) is 3.32. The number of carbonyl (C=O) groups is 2. The van der Waals surface area contributed by atoms with Crippen molar-refractivity contribution in [2.24, 2.45) is 0 Å². The monoisotopic (exact) mass is 392 g/mol. The highest BCUT2D eigenvalue weighted by Crippen LogP contribution is 2.43. The van der Waals surface area contributed by atoms with Crippen LogP contribution in [0.3, 0.4) is 0 Å². The van der Waals surface area contributed by atoms with Crippen LogP contribution >= 0.6 is 22.9 Å². The fraction of sp³-hybridized carbons (Fsp3) is 0.389. The number of nitrogens with one attached hydrogen (secondary N) is 2. The Labute approximate surface area is 161 Å². The van der Waals surface area contributed by atoms with Gasteiger partial charge in [0.25, 0.3) is 5.91 Å². The van der Waals surface area contributed by atoms with Gasteiger partial charge >= 0.3 is 0 Å². The van der Waals surface area contributed by atoms with Crippen LogP contribution in [0.15, 0.2) is 23.6 Å². The predicted molar refractivity (Wildman–Crippen MR) is 104 cm³/mol. The quantitative estimate of drug-likeness (QED) is 0.784. The first-order chi connectivity index (χ1) is 12.3. The van der Waals surface area contributed by atoms with E-state index in [2.05, 4.69) is 29.7 Å². The fourth-order valence-electron chi connectivity index (χ4n) is 3.25. The number of amides is 2. The molecule has 1 aromatic carbocycles. The van der Waals surface area contributed by atoms with E-state index in [9.17, 15) is 9.59 Å². The van der Waals surface area contributed by atoms with Gasteiger partial charge in [0, 0.05) is 39.3 Å². The summed E-state index contributed by atoms with van der Waals surface area (Å²) in [5.41, 5.74) is 7.68. The summed E-state index contributed by atoms with van der Waals surface area (Å²) in [6.45, 7) is 6.92. The van der Waals surface area contributed by atoms with E-state index in [1.165, 1.54) is 11.3 Å². The number of nitrogens with zero attached hydrogens (tertiary/aromatic N) is 2. The van der Waals surface area contributed by atoms with Crippen molar-refractivity contribution in [2.45, 2.75) is 32.6 Å². The van der Waals surface area contributed by atoms with Gasteiger partial charge in [-0.15, -0.1) is 11.3 Å². The topological polar surface area (TPSA) is 74.3 Å². The number of aromatic nitrogens is 1.